The number of aromatic nitrogens is 3. The summed E-state index contributed by atoms with van der Waals surface area (Å²) < 4.78 is 1.80. The van der Waals surface area contributed by atoms with E-state index in [1.807, 2.05) is 44.2 Å². The van der Waals surface area contributed by atoms with Crippen LogP contribution in [0.5, 0.6) is 0 Å². The van der Waals surface area contributed by atoms with E-state index in [0.29, 0.717) is 27.8 Å². The van der Waals surface area contributed by atoms with Crippen molar-refractivity contribution in [3.63, 3.8) is 0 Å². The van der Waals surface area contributed by atoms with E-state index in [1.165, 1.54) is 4.57 Å². The Morgan fingerprint density at radius 1 is 1.16 bits per heavy atom. The fraction of sp³-hybridized carbons (Fsp3) is 0.167. The van der Waals surface area contributed by atoms with E-state index >= 15 is 0 Å². The first-order valence-corrected chi connectivity index (χ1v) is 10.3. The first-order chi connectivity index (χ1) is 14.9. The van der Waals surface area contributed by atoms with Crippen LogP contribution >= 0.6 is 12.2 Å². The molecular weight excluding hydrogens is 408 g/mol. The molecule has 0 saturated carbocycles. The third kappa shape index (κ3) is 3.92. The molecule has 0 fully saturated rings. The first-order valence-electron chi connectivity index (χ1n) is 9.87. The molecule has 0 bridgehead atoms. The van der Waals surface area contributed by atoms with E-state index in [9.17, 15) is 9.59 Å². The van der Waals surface area contributed by atoms with E-state index < -0.39 is 0 Å². The number of benzene rings is 2. The Balaban J connectivity index is 1.74. The highest BCUT2D eigenvalue weighted by Crippen LogP contribution is 2.19. The molecule has 4 aromatic rings. The Bertz CT molecular complexity index is 1410. The van der Waals surface area contributed by atoms with Crippen LogP contribution in [0.2, 0.25) is 0 Å². The van der Waals surface area contributed by atoms with Gasteiger partial charge in [0.15, 0.2) is 4.77 Å². The van der Waals surface area contributed by atoms with Crippen molar-refractivity contribution in [1.82, 2.24) is 19.4 Å². The molecule has 0 atom stereocenters. The predicted molar refractivity (Wildman–Crippen MR) is 124 cm³/mol. The molecule has 1 amide bonds. The van der Waals surface area contributed by atoms with Crippen molar-refractivity contribution in [2.45, 2.75) is 20.4 Å². The number of pyridine rings is 1. The van der Waals surface area contributed by atoms with Gasteiger partial charge in [-0.05, 0) is 73.1 Å². The summed E-state index contributed by atoms with van der Waals surface area (Å²) in [6, 6.07) is 14.6. The van der Waals surface area contributed by atoms with Crippen LogP contribution in [0.3, 0.4) is 0 Å². The molecule has 0 radical (unpaired) electrons. The number of aryl methyl sites for hydroxylation is 1. The lowest BCUT2D eigenvalue weighted by Gasteiger charge is -2.17. The van der Waals surface area contributed by atoms with Crippen LogP contribution in [0.4, 0.5) is 0 Å². The van der Waals surface area contributed by atoms with Crippen molar-refractivity contribution >= 4 is 29.0 Å². The largest absolute Gasteiger partial charge is 0.337 e. The van der Waals surface area contributed by atoms with Gasteiger partial charge >= 0.3 is 0 Å². The maximum Gasteiger partial charge on any atom is 0.266 e. The molecule has 0 aliphatic rings. The lowest BCUT2D eigenvalue weighted by atomic mass is 10.1. The molecule has 31 heavy (non-hydrogen) atoms. The number of fused-ring (bicyclic) bond motifs is 1. The zero-order valence-corrected chi connectivity index (χ0v) is 18.4. The molecule has 156 valence electrons. The summed E-state index contributed by atoms with van der Waals surface area (Å²) in [5.41, 5.74) is 4.57. The molecule has 0 aliphatic carbocycles. The zero-order valence-electron chi connectivity index (χ0n) is 17.5. The van der Waals surface area contributed by atoms with Crippen molar-refractivity contribution in [3.05, 3.63) is 98.3 Å². The number of aromatic amines is 1. The third-order valence-electron chi connectivity index (χ3n) is 5.45. The van der Waals surface area contributed by atoms with Gasteiger partial charge in [0.1, 0.15) is 0 Å². The van der Waals surface area contributed by atoms with Crippen LogP contribution in [0.15, 0.2) is 65.7 Å². The van der Waals surface area contributed by atoms with Gasteiger partial charge in [-0.3, -0.25) is 19.1 Å². The number of hydrogen-bond acceptors (Lipinski definition) is 4. The number of rotatable bonds is 4. The predicted octanol–water partition coefficient (Wildman–Crippen LogP) is 4.33. The summed E-state index contributed by atoms with van der Waals surface area (Å²) in [5, 5.41) is 0.473. The average molecular weight is 431 g/mol. The van der Waals surface area contributed by atoms with E-state index in [0.717, 1.165) is 22.4 Å². The van der Waals surface area contributed by atoms with Gasteiger partial charge in [0.25, 0.3) is 11.5 Å². The molecule has 6 nitrogen and oxygen atoms in total. The lowest BCUT2D eigenvalue weighted by molar-refractivity contribution is 0.0785. The minimum absolute atomic E-state index is 0.149. The smallest absolute Gasteiger partial charge is 0.266 e. The first kappa shape index (κ1) is 20.7. The molecule has 0 spiro atoms. The number of hydrogen-bond donors (Lipinski definition) is 1. The molecular formula is C24H22N4O2S. The maximum atomic E-state index is 13.2. The summed E-state index contributed by atoms with van der Waals surface area (Å²) in [6.07, 6.45) is 3.43. The Kier molecular flexibility index (Phi) is 5.52. The Labute approximate surface area is 184 Å². The highest BCUT2D eigenvalue weighted by molar-refractivity contribution is 7.71. The van der Waals surface area contributed by atoms with Gasteiger partial charge in [-0.2, -0.15) is 0 Å². The van der Waals surface area contributed by atoms with Crippen molar-refractivity contribution in [2.75, 3.05) is 7.05 Å². The molecule has 0 saturated heterocycles. The van der Waals surface area contributed by atoms with Crippen LogP contribution in [-0.4, -0.2) is 32.4 Å². The fourth-order valence-corrected chi connectivity index (χ4v) is 3.90. The minimum atomic E-state index is -0.213. The third-order valence-corrected chi connectivity index (χ3v) is 5.74. The minimum Gasteiger partial charge on any atom is -0.337 e. The second kappa shape index (κ2) is 8.28. The van der Waals surface area contributed by atoms with Gasteiger partial charge in [-0.25, -0.2) is 0 Å². The van der Waals surface area contributed by atoms with Gasteiger partial charge < -0.3 is 9.88 Å². The molecule has 4 rings (SSSR count). The van der Waals surface area contributed by atoms with Gasteiger partial charge in [0.2, 0.25) is 0 Å². The Morgan fingerprint density at radius 2 is 1.97 bits per heavy atom. The number of nitrogens with zero attached hydrogens (tertiary/aromatic N) is 3. The maximum absolute atomic E-state index is 13.2. The molecule has 2 aromatic carbocycles. The summed E-state index contributed by atoms with van der Waals surface area (Å²) in [6.45, 7) is 4.41. The van der Waals surface area contributed by atoms with Crippen LogP contribution in [-0.2, 0) is 6.54 Å². The van der Waals surface area contributed by atoms with Gasteiger partial charge in [0.05, 0.1) is 16.6 Å². The summed E-state index contributed by atoms with van der Waals surface area (Å²) in [7, 11) is 1.74. The molecule has 7 heteroatoms. The topological polar surface area (TPSA) is 71.0 Å². The molecule has 2 aromatic heterocycles. The van der Waals surface area contributed by atoms with E-state index in [2.05, 4.69) is 9.97 Å². The highest BCUT2D eigenvalue weighted by Gasteiger charge is 2.15. The quantitative estimate of drug-likeness (QED) is 0.489. The molecule has 2 heterocycles. The van der Waals surface area contributed by atoms with Crippen molar-refractivity contribution in [2.24, 2.45) is 0 Å². The van der Waals surface area contributed by atoms with E-state index in [-0.39, 0.29) is 11.5 Å². The summed E-state index contributed by atoms with van der Waals surface area (Å²) in [5.74, 6) is -0.149. The summed E-state index contributed by atoms with van der Waals surface area (Å²) >= 11 is 5.50. The van der Waals surface area contributed by atoms with Crippen LogP contribution in [0.25, 0.3) is 16.6 Å². The van der Waals surface area contributed by atoms with Crippen LogP contribution in [0, 0.1) is 18.6 Å². The Morgan fingerprint density at radius 3 is 2.71 bits per heavy atom. The highest BCUT2D eigenvalue weighted by atomic mass is 32.1. The van der Waals surface area contributed by atoms with Crippen molar-refractivity contribution in [3.8, 4) is 5.69 Å². The average Bonchev–Trinajstić information content (AvgIpc) is 2.76. The monoisotopic (exact) mass is 430 g/mol. The fourth-order valence-electron chi connectivity index (χ4n) is 3.61. The summed E-state index contributed by atoms with van der Waals surface area (Å²) in [4.78, 5) is 35.0. The standard InChI is InChI=1S/C24H22N4O2S/c1-15-6-4-8-21(16(15)2)28-23(30)19-10-9-18(12-20(19)26-24(28)31)22(29)27(3)14-17-7-5-11-25-13-17/h4-13H,14H2,1-3H3,(H,26,31). The number of amides is 1. The zero-order chi connectivity index (χ0) is 22.1. The molecule has 0 unspecified atom stereocenters. The van der Waals surface area contributed by atoms with Crippen LogP contribution < -0.4 is 5.56 Å². The van der Waals surface area contributed by atoms with Crippen molar-refractivity contribution < 1.29 is 4.79 Å². The second-order valence-electron chi connectivity index (χ2n) is 7.57. The van der Waals surface area contributed by atoms with E-state index in [1.54, 1.807) is 42.5 Å². The number of carbonyl (C=O) groups is 1. The molecule has 1 N–H and O–H groups in total. The van der Waals surface area contributed by atoms with Crippen LogP contribution in [0.1, 0.15) is 27.0 Å². The lowest BCUT2D eigenvalue weighted by Crippen LogP contribution is -2.26. The number of carbonyl (C=O) groups excluding carboxylic acids is 1. The number of nitrogens with one attached hydrogen (secondary N) is 1. The van der Waals surface area contributed by atoms with Gasteiger partial charge in [-0.15, -0.1) is 0 Å². The number of H-pyrrole nitrogens is 1. The molecule has 0 aliphatic heterocycles. The normalized spacial score (nSPS) is 10.9. The second-order valence-corrected chi connectivity index (χ2v) is 7.96. The van der Waals surface area contributed by atoms with Gasteiger partial charge in [-0.1, -0.05) is 18.2 Å². The Hall–Kier alpha value is -3.58. The van der Waals surface area contributed by atoms with E-state index in [4.69, 9.17) is 12.2 Å². The van der Waals surface area contributed by atoms with Gasteiger partial charge in [0, 0.05) is 31.5 Å². The SMILES string of the molecule is Cc1cccc(-n2c(=S)[nH]c3cc(C(=O)N(C)Cc4cccnc4)ccc3c2=O)c1C. The van der Waals surface area contributed by atoms with Crippen molar-refractivity contribution in [1.29, 1.82) is 0 Å².